The fourth-order valence-electron chi connectivity index (χ4n) is 3.31. The molecule has 0 N–H and O–H groups in total. The zero-order chi connectivity index (χ0) is 20.5. The molecule has 150 valence electrons. The Bertz CT molecular complexity index is 731. The minimum atomic E-state index is -3.49. The maximum Gasteiger partial charge on any atom is 0.333 e. The van der Waals surface area contributed by atoms with Crippen molar-refractivity contribution in [3.8, 4) is 0 Å². The second-order valence-electron chi connectivity index (χ2n) is 7.49. The Kier molecular flexibility index (Phi) is 6.63. The molecule has 6 nitrogen and oxygen atoms in total. The fourth-order valence-corrected chi connectivity index (χ4v) is 7.52. The molecule has 0 fully saturated rings. The van der Waals surface area contributed by atoms with E-state index in [0.29, 0.717) is 11.1 Å². The Morgan fingerprint density at radius 3 is 1.78 bits per heavy atom. The lowest BCUT2D eigenvalue weighted by atomic mass is 10.1. The standard InChI is InChI=1S/C19H28NO5PS/c1-7-24-26(23,25-8-2)13-19(6,27-18(3,4)5)20-16(21)14-11-9-10-12-15(14)17(20)22/h9-12H,7-8,13H2,1-6H3. The third-order valence-electron chi connectivity index (χ3n) is 3.93. The zero-order valence-electron chi connectivity index (χ0n) is 16.8. The lowest BCUT2D eigenvalue weighted by Crippen LogP contribution is -2.51. The molecule has 0 aliphatic carbocycles. The summed E-state index contributed by atoms with van der Waals surface area (Å²) in [5.74, 6) is -0.760. The number of rotatable bonds is 8. The maximum atomic E-state index is 13.3. The Morgan fingerprint density at radius 2 is 1.41 bits per heavy atom. The SMILES string of the molecule is CCOP(=O)(CC(C)(SC(C)(C)C)N1C(=O)c2ccccc2C1=O)OCC. The molecule has 2 rings (SSSR count). The summed E-state index contributed by atoms with van der Waals surface area (Å²) in [5, 5.41) is 0. The van der Waals surface area contributed by atoms with E-state index in [1.165, 1.54) is 16.7 Å². The van der Waals surface area contributed by atoms with E-state index < -0.39 is 12.5 Å². The van der Waals surface area contributed by atoms with Gasteiger partial charge in [-0.2, -0.15) is 0 Å². The normalized spacial score (nSPS) is 17.2. The van der Waals surface area contributed by atoms with Crippen LogP contribution < -0.4 is 0 Å². The maximum absolute atomic E-state index is 13.3. The molecule has 0 saturated carbocycles. The molecule has 0 bridgehead atoms. The Balaban J connectivity index is 2.50. The number of imide groups is 1. The van der Waals surface area contributed by atoms with Crippen LogP contribution in [-0.2, 0) is 13.6 Å². The number of benzene rings is 1. The molecule has 8 heteroatoms. The van der Waals surface area contributed by atoms with Crippen LogP contribution in [0.5, 0.6) is 0 Å². The van der Waals surface area contributed by atoms with Crippen LogP contribution in [0.25, 0.3) is 0 Å². The summed E-state index contributed by atoms with van der Waals surface area (Å²) < 4.78 is 23.9. The minimum Gasteiger partial charge on any atom is -0.309 e. The van der Waals surface area contributed by atoms with E-state index in [9.17, 15) is 14.2 Å². The van der Waals surface area contributed by atoms with Gasteiger partial charge in [-0.1, -0.05) is 32.9 Å². The number of thioether (sulfide) groups is 1. The lowest BCUT2D eigenvalue weighted by molar-refractivity contribution is 0.0578. The molecule has 27 heavy (non-hydrogen) atoms. The Hall–Kier alpha value is -1.14. The second kappa shape index (κ2) is 8.08. The van der Waals surface area contributed by atoms with Gasteiger partial charge in [-0.05, 0) is 32.9 Å². The van der Waals surface area contributed by atoms with Gasteiger partial charge in [0.1, 0.15) is 4.87 Å². The number of nitrogens with zero attached hydrogens (tertiary/aromatic N) is 1. The van der Waals surface area contributed by atoms with Crippen LogP contribution in [0.4, 0.5) is 0 Å². The topological polar surface area (TPSA) is 72.9 Å². The summed E-state index contributed by atoms with van der Waals surface area (Å²) in [6, 6.07) is 6.74. The molecule has 1 aromatic rings. The third-order valence-corrected chi connectivity index (χ3v) is 7.83. The van der Waals surface area contributed by atoms with Gasteiger partial charge in [-0.25, -0.2) is 0 Å². The van der Waals surface area contributed by atoms with Crippen LogP contribution in [0.2, 0.25) is 0 Å². The van der Waals surface area contributed by atoms with Crippen molar-refractivity contribution < 1.29 is 23.2 Å². The number of fused-ring (bicyclic) bond motifs is 1. The molecular weight excluding hydrogens is 385 g/mol. The summed E-state index contributed by atoms with van der Waals surface area (Å²) in [7, 11) is -3.49. The molecule has 0 saturated heterocycles. The molecule has 1 atom stereocenters. The van der Waals surface area contributed by atoms with Crippen molar-refractivity contribution >= 4 is 31.2 Å². The monoisotopic (exact) mass is 413 g/mol. The van der Waals surface area contributed by atoms with E-state index >= 15 is 0 Å². The molecule has 1 aromatic carbocycles. The van der Waals surface area contributed by atoms with E-state index in [1.807, 2.05) is 20.8 Å². The molecule has 0 aromatic heterocycles. The van der Waals surface area contributed by atoms with E-state index in [-0.39, 0.29) is 35.9 Å². The smallest absolute Gasteiger partial charge is 0.309 e. The predicted molar refractivity (Wildman–Crippen MR) is 108 cm³/mol. The summed E-state index contributed by atoms with van der Waals surface area (Å²) in [5.41, 5.74) is 0.733. The van der Waals surface area contributed by atoms with Crippen molar-refractivity contribution in [2.45, 2.75) is 51.2 Å². The highest BCUT2D eigenvalue weighted by molar-refractivity contribution is 8.02. The Morgan fingerprint density at radius 1 is 0.963 bits per heavy atom. The highest BCUT2D eigenvalue weighted by Crippen LogP contribution is 2.56. The molecule has 1 heterocycles. The lowest BCUT2D eigenvalue weighted by Gasteiger charge is -2.42. The molecule has 0 spiro atoms. The first-order chi connectivity index (χ1) is 12.5. The van der Waals surface area contributed by atoms with Gasteiger partial charge in [0.25, 0.3) is 11.8 Å². The second-order valence-corrected chi connectivity index (χ2v) is 11.8. The van der Waals surface area contributed by atoms with Crippen molar-refractivity contribution in [1.82, 2.24) is 4.90 Å². The number of amides is 2. The van der Waals surface area contributed by atoms with Gasteiger partial charge in [0.15, 0.2) is 0 Å². The van der Waals surface area contributed by atoms with Crippen LogP contribution in [0.3, 0.4) is 0 Å². The van der Waals surface area contributed by atoms with Gasteiger partial charge >= 0.3 is 7.60 Å². The average molecular weight is 413 g/mol. The molecule has 1 aliphatic heterocycles. The quantitative estimate of drug-likeness (QED) is 0.450. The molecule has 1 unspecified atom stereocenters. The van der Waals surface area contributed by atoms with Crippen molar-refractivity contribution in [1.29, 1.82) is 0 Å². The summed E-state index contributed by atoms with van der Waals surface area (Å²) >= 11 is 1.41. The highest BCUT2D eigenvalue weighted by Gasteiger charge is 2.52. The molecule has 2 amide bonds. The van der Waals surface area contributed by atoms with E-state index in [2.05, 4.69) is 0 Å². The summed E-state index contributed by atoms with van der Waals surface area (Å²) in [6.07, 6.45) is -0.0743. The van der Waals surface area contributed by atoms with Gasteiger partial charge in [-0.3, -0.25) is 19.1 Å². The summed E-state index contributed by atoms with van der Waals surface area (Å²) in [4.78, 5) is 26.3. The highest BCUT2D eigenvalue weighted by atomic mass is 32.2. The zero-order valence-corrected chi connectivity index (χ0v) is 18.5. The third kappa shape index (κ3) is 4.83. The first-order valence-electron chi connectivity index (χ1n) is 9.02. The first kappa shape index (κ1) is 22.2. The number of carbonyl (C=O) groups excluding carboxylic acids is 2. The molecule has 0 radical (unpaired) electrons. The number of hydrogen-bond acceptors (Lipinski definition) is 6. The van der Waals surface area contributed by atoms with Gasteiger partial charge in [0, 0.05) is 4.75 Å². The fraction of sp³-hybridized carbons (Fsp3) is 0.579. The average Bonchev–Trinajstić information content (AvgIpc) is 2.78. The van der Waals surface area contributed by atoms with Crippen LogP contribution >= 0.6 is 19.4 Å². The van der Waals surface area contributed by atoms with Gasteiger partial charge in [0.05, 0.1) is 30.5 Å². The molecular formula is C19H28NO5PS. The van der Waals surface area contributed by atoms with Crippen LogP contribution in [0, 0.1) is 0 Å². The van der Waals surface area contributed by atoms with E-state index in [0.717, 1.165) is 0 Å². The van der Waals surface area contributed by atoms with Crippen LogP contribution in [0.1, 0.15) is 62.3 Å². The first-order valence-corrected chi connectivity index (χ1v) is 11.6. The van der Waals surface area contributed by atoms with Crippen LogP contribution in [0.15, 0.2) is 24.3 Å². The summed E-state index contributed by atoms with van der Waals surface area (Å²) in [6.45, 7) is 11.6. The minimum absolute atomic E-state index is 0.0743. The van der Waals surface area contributed by atoms with Gasteiger partial charge < -0.3 is 9.05 Å². The number of carbonyl (C=O) groups is 2. The van der Waals surface area contributed by atoms with E-state index in [1.54, 1.807) is 45.0 Å². The molecule has 1 aliphatic rings. The number of hydrogen-bond donors (Lipinski definition) is 0. The van der Waals surface area contributed by atoms with Crippen molar-refractivity contribution in [3.63, 3.8) is 0 Å². The Labute approximate surface area is 165 Å². The van der Waals surface area contributed by atoms with Gasteiger partial charge in [0.2, 0.25) is 0 Å². The van der Waals surface area contributed by atoms with E-state index in [4.69, 9.17) is 9.05 Å². The predicted octanol–water partition coefficient (Wildman–Crippen LogP) is 4.80. The van der Waals surface area contributed by atoms with Crippen molar-refractivity contribution in [2.75, 3.05) is 19.4 Å². The van der Waals surface area contributed by atoms with Gasteiger partial charge in [-0.15, -0.1) is 11.8 Å². The van der Waals surface area contributed by atoms with Crippen LogP contribution in [-0.4, -0.2) is 45.7 Å². The van der Waals surface area contributed by atoms with Crippen molar-refractivity contribution in [2.24, 2.45) is 0 Å². The van der Waals surface area contributed by atoms with Crippen molar-refractivity contribution in [3.05, 3.63) is 35.4 Å². The largest absolute Gasteiger partial charge is 0.333 e.